The Bertz CT molecular complexity index is 77.6. The highest BCUT2D eigenvalue weighted by Gasteiger charge is 2.22. The van der Waals surface area contributed by atoms with E-state index < -0.39 is 0 Å². The van der Waals surface area contributed by atoms with Crippen LogP contribution in [-0.4, -0.2) is 37.1 Å². The number of hydrogen-bond acceptors (Lipinski definition) is 1. The van der Waals surface area contributed by atoms with Crippen LogP contribution < -0.4 is 5.32 Å². The number of fused-ring (bicyclic) bond motifs is 4. The first kappa shape index (κ1) is 5.69. The van der Waals surface area contributed by atoms with Gasteiger partial charge in [0.15, 0.2) is 0 Å². The van der Waals surface area contributed by atoms with E-state index in [-0.39, 0.29) is 0 Å². The largest absolute Gasteiger partial charge is 0.302 e. The molecule has 0 spiro atoms. The van der Waals surface area contributed by atoms with E-state index in [2.05, 4.69) is 10.2 Å². The topological polar surface area (TPSA) is 17.3 Å². The van der Waals surface area contributed by atoms with E-state index in [1.807, 2.05) is 0 Å². The Hall–Kier alpha value is -0.0800. The highest BCUT2D eigenvalue weighted by molar-refractivity contribution is 4.81. The maximum Gasteiger partial charge on any atom is 0.0270 e. The molecule has 0 aliphatic carbocycles. The minimum atomic E-state index is 0.726. The maximum absolute atomic E-state index is 4.54. The molecule has 0 amide bonds. The summed E-state index contributed by atoms with van der Waals surface area (Å²) in [5, 5.41) is 4.54. The summed E-state index contributed by atoms with van der Waals surface area (Å²) in [6.07, 6.45) is 2.64. The van der Waals surface area contributed by atoms with E-state index in [1.54, 1.807) is 0 Å². The quantitative estimate of drug-likeness (QED) is 0.448. The molecule has 0 aromatic rings. The van der Waals surface area contributed by atoms with Crippen LogP contribution in [0.5, 0.6) is 0 Å². The molecule has 51 valence electrons. The van der Waals surface area contributed by atoms with Gasteiger partial charge in [-0.05, 0) is 25.9 Å². The predicted molar refractivity (Wildman–Crippen MR) is 36.5 cm³/mol. The van der Waals surface area contributed by atoms with Crippen molar-refractivity contribution in [2.24, 2.45) is 0 Å². The van der Waals surface area contributed by atoms with Crippen molar-refractivity contribution < 1.29 is 0 Å². The van der Waals surface area contributed by atoms with Gasteiger partial charge in [-0.25, -0.2) is 5.32 Å². The SMILES string of the molecule is C1CN2CCC(CC2)[N]1. The normalized spacial score (nSPS) is 42.7. The first-order valence-corrected chi connectivity index (χ1v) is 3.84. The van der Waals surface area contributed by atoms with Gasteiger partial charge in [-0.2, -0.15) is 0 Å². The summed E-state index contributed by atoms with van der Waals surface area (Å²) >= 11 is 0. The first-order chi connectivity index (χ1) is 4.45. The van der Waals surface area contributed by atoms with Crippen molar-refractivity contribution >= 4 is 0 Å². The monoisotopic (exact) mass is 125 g/mol. The summed E-state index contributed by atoms with van der Waals surface area (Å²) in [5.74, 6) is 0. The molecule has 9 heavy (non-hydrogen) atoms. The minimum absolute atomic E-state index is 0.726. The van der Waals surface area contributed by atoms with E-state index in [0.29, 0.717) is 0 Å². The van der Waals surface area contributed by atoms with Crippen LogP contribution in [0.15, 0.2) is 0 Å². The zero-order valence-electron chi connectivity index (χ0n) is 5.71. The molecule has 3 rings (SSSR count). The van der Waals surface area contributed by atoms with E-state index in [0.717, 1.165) is 12.6 Å². The molecule has 0 saturated carbocycles. The van der Waals surface area contributed by atoms with Crippen molar-refractivity contribution in [2.75, 3.05) is 26.2 Å². The van der Waals surface area contributed by atoms with Gasteiger partial charge in [0.1, 0.15) is 0 Å². The van der Waals surface area contributed by atoms with Gasteiger partial charge in [-0.1, -0.05) is 0 Å². The molecule has 3 saturated heterocycles. The summed E-state index contributed by atoms with van der Waals surface area (Å²) in [6, 6.07) is 0.726. The molecule has 2 bridgehead atoms. The molecule has 3 heterocycles. The number of nitrogens with zero attached hydrogens (tertiary/aromatic N) is 2. The second-order valence-electron chi connectivity index (χ2n) is 2.98. The Kier molecular flexibility index (Phi) is 1.44. The molecule has 2 heteroatoms. The van der Waals surface area contributed by atoms with Crippen LogP contribution in [0.2, 0.25) is 0 Å². The molecule has 3 fully saturated rings. The van der Waals surface area contributed by atoms with Gasteiger partial charge < -0.3 is 4.90 Å². The predicted octanol–water partition coefficient (Wildman–Crippen LogP) is 0.0688. The Morgan fingerprint density at radius 2 is 1.89 bits per heavy atom. The fraction of sp³-hybridized carbons (Fsp3) is 1.00. The van der Waals surface area contributed by atoms with Gasteiger partial charge in [-0.15, -0.1) is 0 Å². The van der Waals surface area contributed by atoms with Crippen LogP contribution in [0.3, 0.4) is 0 Å². The maximum atomic E-state index is 4.54. The molecule has 3 aliphatic heterocycles. The summed E-state index contributed by atoms with van der Waals surface area (Å²) in [7, 11) is 0. The summed E-state index contributed by atoms with van der Waals surface area (Å²) in [5.41, 5.74) is 0. The molecule has 3 aliphatic rings. The molecule has 1 radical (unpaired) electrons. The average molecular weight is 125 g/mol. The first-order valence-electron chi connectivity index (χ1n) is 3.84. The van der Waals surface area contributed by atoms with E-state index in [9.17, 15) is 0 Å². The van der Waals surface area contributed by atoms with Crippen molar-refractivity contribution in [1.82, 2.24) is 10.2 Å². The zero-order chi connectivity index (χ0) is 6.10. The van der Waals surface area contributed by atoms with Crippen molar-refractivity contribution in [2.45, 2.75) is 18.9 Å². The molecule has 0 aromatic heterocycles. The van der Waals surface area contributed by atoms with Crippen molar-refractivity contribution in [1.29, 1.82) is 0 Å². The van der Waals surface area contributed by atoms with Crippen molar-refractivity contribution in [3.8, 4) is 0 Å². The molecule has 0 atom stereocenters. The van der Waals surface area contributed by atoms with Crippen LogP contribution in [-0.2, 0) is 0 Å². The van der Waals surface area contributed by atoms with Gasteiger partial charge in [-0.3, -0.25) is 0 Å². The summed E-state index contributed by atoms with van der Waals surface area (Å²) in [4.78, 5) is 2.52. The third-order valence-electron chi connectivity index (χ3n) is 2.36. The lowest BCUT2D eigenvalue weighted by Gasteiger charge is -2.25. The summed E-state index contributed by atoms with van der Waals surface area (Å²) in [6.45, 7) is 4.91. The molecular weight excluding hydrogens is 112 g/mol. The third kappa shape index (κ3) is 1.10. The Balaban J connectivity index is 2.03. The van der Waals surface area contributed by atoms with Crippen LogP contribution in [0.1, 0.15) is 12.8 Å². The number of hydrogen-bond donors (Lipinski definition) is 0. The Labute approximate surface area is 56.2 Å². The van der Waals surface area contributed by atoms with Gasteiger partial charge in [0.2, 0.25) is 0 Å². The molecule has 0 unspecified atom stereocenters. The Morgan fingerprint density at radius 3 is 2.67 bits per heavy atom. The average Bonchev–Trinajstić information content (AvgIpc) is 2.21. The molecular formula is C7H13N2. The molecule has 2 nitrogen and oxygen atoms in total. The van der Waals surface area contributed by atoms with Gasteiger partial charge in [0.05, 0.1) is 0 Å². The lowest BCUT2D eigenvalue weighted by molar-refractivity contribution is 0.247. The minimum Gasteiger partial charge on any atom is -0.302 e. The van der Waals surface area contributed by atoms with Crippen LogP contribution >= 0.6 is 0 Å². The molecule has 0 N–H and O–H groups in total. The van der Waals surface area contributed by atoms with E-state index in [4.69, 9.17) is 0 Å². The highest BCUT2D eigenvalue weighted by atomic mass is 15.2. The van der Waals surface area contributed by atoms with Crippen LogP contribution in [0, 0.1) is 0 Å². The zero-order valence-corrected chi connectivity index (χ0v) is 5.71. The number of rotatable bonds is 0. The molecule has 0 aromatic carbocycles. The van der Waals surface area contributed by atoms with Crippen molar-refractivity contribution in [3.63, 3.8) is 0 Å². The fourth-order valence-electron chi connectivity index (χ4n) is 1.71. The van der Waals surface area contributed by atoms with Crippen LogP contribution in [0.4, 0.5) is 0 Å². The van der Waals surface area contributed by atoms with Gasteiger partial charge >= 0.3 is 0 Å². The second-order valence-corrected chi connectivity index (χ2v) is 2.98. The standard InChI is InChI=1S/C7H13N2/c1-4-9-5-2-7(1)8-3-6-9/h7H,1-6H2. The van der Waals surface area contributed by atoms with E-state index in [1.165, 1.54) is 32.5 Å². The lowest BCUT2D eigenvalue weighted by atomic mass is 10.1. The number of piperidine rings is 1. The highest BCUT2D eigenvalue weighted by Crippen LogP contribution is 2.13. The van der Waals surface area contributed by atoms with E-state index >= 15 is 0 Å². The van der Waals surface area contributed by atoms with Crippen LogP contribution in [0.25, 0.3) is 0 Å². The van der Waals surface area contributed by atoms with Crippen molar-refractivity contribution in [3.05, 3.63) is 0 Å². The van der Waals surface area contributed by atoms with Gasteiger partial charge in [0, 0.05) is 19.1 Å². The summed E-state index contributed by atoms with van der Waals surface area (Å²) < 4.78 is 0. The fourth-order valence-corrected chi connectivity index (χ4v) is 1.71. The smallest absolute Gasteiger partial charge is 0.0270 e. The third-order valence-corrected chi connectivity index (χ3v) is 2.36. The lowest BCUT2D eigenvalue weighted by Crippen LogP contribution is -2.33. The second kappa shape index (κ2) is 2.27. The van der Waals surface area contributed by atoms with Gasteiger partial charge in [0.25, 0.3) is 0 Å². The Morgan fingerprint density at radius 1 is 1.11 bits per heavy atom.